The molecule has 0 N–H and O–H groups in total. The Morgan fingerprint density at radius 1 is 1.33 bits per heavy atom. The standard InChI is InChI=1S/C18H23N3O2S/c1-12(2)21-14-3-4-15(21)9-20(7-5-14)18(22)16-11-24-17(19-16)13-6-8-23-10-13/h6,8,10-12,14-15H,3-5,7,9H2,1-2H3/t14-,15-/m0/s1. The summed E-state index contributed by atoms with van der Waals surface area (Å²) in [5.41, 5.74) is 1.49. The lowest BCUT2D eigenvalue weighted by Crippen LogP contribution is -2.44. The zero-order valence-electron chi connectivity index (χ0n) is 14.1. The Hall–Kier alpha value is -1.66. The molecular formula is C18H23N3O2S. The van der Waals surface area contributed by atoms with Crippen molar-refractivity contribution < 1.29 is 9.21 Å². The van der Waals surface area contributed by atoms with E-state index in [1.54, 1.807) is 12.5 Å². The molecule has 4 heterocycles. The molecule has 128 valence electrons. The van der Waals surface area contributed by atoms with Gasteiger partial charge in [0.25, 0.3) is 5.91 Å². The zero-order chi connectivity index (χ0) is 16.7. The number of likely N-dealkylation sites (tertiary alicyclic amines) is 1. The molecule has 0 aliphatic carbocycles. The van der Waals surface area contributed by atoms with Gasteiger partial charge in [-0.15, -0.1) is 11.3 Å². The first-order valence-electron chi connectivity index (χ1n) is 8.68. The first kappa shape index (κ1) is 15.8. The quantitative estimate of drug-likeness (QED) is 0.854. The van der Waals surface area contributed by atoms with E-state index in [-0.39, 0.29) is 5.91 Å². The zero-order valence-corrected chi connectivity index (χ0v) is 15.0. The SMILES string of the molecule is CC(C)N1[C@H]2CC[C@H]1CN(C(=O)c1csc(-c3ccoc3)n1)CC2. The molecule has 5 nitrogen and oxygen atoms in total. The molecule has 2 aliphatic heterocycles. The summed E-state index contributed by atoms with van der Waals surface area (Å²) in [6.07, 6.45) is 6.83. The monoisotopic (exact) mass is 345 g/mol. The summed E-state index contributed by atoms with van der Waals surface area (Å²) < 4.78 is 5.10. The molecular weight excluding hydrogens is 322 g/mol. The van der Waals surface area contributed by atoms with E-state index in [1.807, 2.05) is 16.3 Å². The fourth-order valence-electron chi connectivity index (χ4n) is 4.19. The van der Waals surface area contributed by atoms with Crippen molar-refractivity contribution in [1.29, 1.82) is 0 Å². The van der Waals surface area contributed by atoms with Crippen molar-refractivity contribution in [2.75, 3.05) is 13.1 Å². The smallest absolute Gasteiger partial charge is 0.273 e. The second-order valence-electron chi connectivity index (χ2n) is 7.02. The number of thiazole rings is 1. The molecule has 0 unspecified atom stereocenters. The van der Waals surface area contributed by atoms with Crippen molar-refractivity contribution in [1.82, 2.24) is 14.8 Å². The van der Waals surface area contributed by atoms with Crippen molar-refractivity contribution in [3.05, 3.63) is 29.7 Å². The number of nitrogens with zero attached hydrogens (tertiary/aromatic N) is 3. The Kier molecular flexibility index (Phi) is 4.18. The summed E-state index contributed by atoms with van der Waals surface area (Å²) >= 11 is 1.50. The van der Waals surface area contributed by atoms with Gasteiger partial charge in [-0.2, -0.15) is 0 Å². The van der Waals surface area contributed by atoms with Gasteiger partial charge in [0.1, 0.15) is 17.0 Å². The van der Waals surface area contributed by atoms with Gasteiger partial charge in [0.15, 0.2) is 0 Å². The van der Waals surface area contributed by atoms with Crippen LogP contribution in [0.4, 0.5) is 0 Å². The van der Waals surface area contributed by atoms with E-state index in [4.69, 9.17) is 4.42 Å². The molecule has 2 bridgehead atoms. The van der Waals surface area contributed by atoms with Gasteiger partial charge in [0, 0.05) is 42.2 Å². The Morgan fingerprint density at radius 2 is 2.17 bits per heavy atom. The van der Waals surface area contributed by atoms with Gasteiger partial charge in [-0.3, -0.25) is 9.69 Å². The predicted molar refractivity (Wildman–Crippen MR) is 94.1 cm³/mol. The summed E-state index contributed by atoms with van der Waals surface area (Å²) in [6, 6.07) is 3.54. The van der Waals surface area contributed by atoms with Gasteiger partial charge >= 0.3 is 0 Å². The first-order valence-corrected chi connectivity index (χ1v) is 9.56. The number of aromatic nitrogens is 1. The van der Waals surface area contributed by atoms with Crippen LogP contribution < -0.4 is 0 Å². The Bertz CT molecular complexity index is 710. The summed E-state index contributed by atoms with van der Waals surface area (Å²) in [7, 11) is 0. The second kappa shape index (κ2) is 6.33. The molecule has 4 rings (SSSR count). The topological polar surface area (TPSA) is 49.6 Å². The van der Waals surface area contributed by atoms with Crippen LogP contribution in [0.25, 0.3) is 10.6 Å². The first-order chi connectivity index (χ1) is 11.6. The van der Waals surface area contributed by atoms with E-state index in [0.717, 1.165) is 30.1 Å². The van der Waals surface area contributed by atoms with Crippen molar-refractivity contribution in [2.24, 2.45) is 0 Å². The van der Waals surface area contributed by atoms with Crippen molar-refractivity contribution in [2.45, 2.75) is 51.2 Å². The van der Waals surface area contributed by atoms with Gasteiger partial charge < -0.3 is 9.32 Å². The molecule has 2 aromatic heterocycles. The molecule has 2 aromatic rings. The minimum Gasteiger partial charge on any atom is -0.472 e. The highest BCUT2D eigenvalue weighted by atomic mass is 32.1. The van der Waals surface area contributed by atoms with Gasteiger partial charge in [-0.05, 0) is 39.2 Å². The second-order valence-corrected chi connectivity index (χ2v) is 7.87. The van der Waals surface area contributed by atoms with Crippen LogP contribution in [0.3, 0.4) is 0 Å². The third-order valence-electron chi connectivity index (χ3n) is 5.21. The molecule has 0 saturated carbocycles. The molecule has 1 amide bonds. The molecule has 24 heavy (non-hydrogen) atoms. The Balaban J connectivity index is 1.51. The van der Waals surface area contributed by atoms with Crippen molar-refractivity contribution in [3.8, 4) is 10.6 Å². The highest BCUT2D eigenvalue weighted by molar-refractivity contribution is 7.13. The van der Waals surface area contributed by atoms with Crippen LogP contribution in [0.5, 0.6) is 0 Å². The minimum atomic E-state index is 0.0669. The highest BCUT2D eigenvalue weighted by Gasteiger charge is 2.39. The number of amides is 1. The molecule has 6 heteroatoms. The van der Waals surface area contributed by atoms with E-state index in [1.165, 1.54) is 24.2 Å². The largest absolute Gasteiger partial charge is 0.472 e. The molecule has 0 aromatic carbocycles. The number of carbonyl (C=O) groups excluding carboxylic acids is 1. The van der Waals surface area contributed by atoms with E-state index in [9.17, 15) is 4.79 Å². The van der Waals surface area contributed by atoms with Gasteiger partial charge in [0.05, 0.1) is 6.26 Å². The number of fused-ring (bicyclic) bond motifs is 2. The average Bonchev–Trinajstić information content (AvgIpc) is 3.24. The van der Waals surface area contributed by atoms with Crippen molar-refractivity contribution >= 4 is 17.2 Å². The number of rotatable bonds is 3. The summed E-state index contributed by atoms with van der Waals surface area (Å²) in [5.74, 6) is 0.0669. The minimum absolute atomic E-state index is 0.0669. The number of hydrogen-bond acceptors (Lipinski definition) is 5. The number of furan rings is 1. The third-order valence-corrected chi connectivity index (χ3v) is 6.11. The van der Waals surface area contributed by atoms with Crippen LogP contribution in [-0.2, 0) is 0 Å². The average molecular weight is 345 g/mol. The third kappa shape index (κ3) is 2.78. The molecule has 2 saturated heterocycles. The van der Waals surface area contributed by atoms with Gasteiger partial charge in [0.2, 0.25) is 0 Å². The maximum absolute atomic E-state index is 12.9. The van der Waals surface area contributed by atoms with Crippen LogP contribution in [0, 0.1) is 0 Å². The Labute approximate surface area is 146 Å². The maximum Gasteiger partial charge on any atom is 0.273 e. The van der Waals surface area contributed by atoms with E-state index in [0.29, 0.717) is 23.8 Å². The molecule has 0 radical (unpaired) electrons. The van der Waals surface area contributed by atoms with E-state index >= 15 is 0 Å². The van der Waals surface area contributed by atoms with Crippen LogP contribution in [-0.4, -0.2) is 51.9 Å². The van der Waals surface area contributed by atoms with E-state index in [2.05, 4.69) is 23.7 Å². The summed E-state index contributed by atoms with van der Waals surface area (Å²) in [6.45, 7) is 6.19. The van der Waals surface area contributed by atoms with E-state index < -0.39 is 0 Å². The normalized spacial score (nSPS) is 24.5. The highest BCUT2D eigenvalue weighted by Crippen LogP contribution is 2.33. The maximum atomic E-state index is 12.9. The summed E-state index contributed by atoms with van der Waals surface area (Å²) in [5, 5.41) is 2.71. The number of carbonyl (C=O) groups is 1. The van der Waals surface area contributed by atoms with Gasteiger partial charge in [-0.1, -0.05) is 0 Å². The Morgan fingerprint density at radius 3 is 2.92 bits per heavy atom. The summed E-state index contributed by atoms with van der Waals surface area (Å²) in [4.78, 5) is 22.1. The predicted octanol–water partition coefficient (Wildman–Crippen LogP) is 3.49. The lowest BCUT2D eigenvalue weighted by atomic mass is 10.1. The lowest BCUT2D eigenvalue weighted by molar-refractivity contribution is 0.0723. The van der Waals surface area contributed by atoms with Gasteiger partial charge in [-0.25, -0.2) is 4.98 Å². The van der Waals surface area contributed by atoms with Crippen LogP contribution in [0.15, 0.2) is 28.4 Å². The van der Waals surface area contributed by atoms with Crippen LogP contribution in [0.1, 0.15) is 43.6 Å². The molecule has 0 spiro atoms. The van der Waals surface area contributed by atoms with Crippen LogP contribution in [0.2, 0.25) is 0 Å². The fourth-order valence-corrected chi connectivity index (χ4v) is 4.97. The molecule has 2 fully saturated rings. The molecule has 2 aliphatic rings. The van der Waals surface area contributed by atoms with Crippen LogP contribution >= 0.6 is 11.3 Å². The fraction of sp³-hybridized carbons (Fsp3) is 0.556. The number of hydrogen-bond donors (Lipinski definition) is 0. The van der Waals surface area contributed by atoms with Crippen molar-refractivity contribution in [3.63, 3.8) is 0 Å². The lowest BCUT2D eigenvalue weighted by Gasteiger charge is -2.32. The molecule has 2 atom stereocenters.